The van der Waals surface area contributed by atoms with E-state index in [1.165, 1.54) is 0 Å². The van der Waals surface area contributed by atoms with Crippen molar-refractivity contribution in [2.75, 3.05) is 12.4 Å². The first-order valence-corrected chi connectivity index (χ1v) is 5.41. The van der Waals surface area contributed by atoms with Crippen LogP contribution < -0.4 is 5.32 Å². The van der Waals surface area contributed by atoms with E-state index in [0.29, 0.717) is 11.5 Å². The lowest BCUT2D eigenvalue weighted by Gasteiger charge is -2.09. The Labute approximate surface area is 99.7 Å². The number of nitrogens with zero attached hydrogens (tertiary/aromatic N) is 2. The van der Waals surface area contributed by atoms with Crippen LogP contribution in [0.5, 0.6) is 0 Å². The Morgan fingerprint density at radius 3 is 2.47 bits per heavy atom. The number of aryl methyl sites for hydroxylation is 2. The van der Waals surface area contributed by atoms with Crippen molar-refractivity contribution < 1.29 is 4.39 Å². The second-order valence-electron chi connectivity index (χ2n) is 3.86. The van der Waals surface area contributed by atoms with Gasteiger partial charge in [-0.2, -0.15) is 0 Å². The average Bonchev–Trinajstić information content (AvgIpc) is 2.33. The largest absolute Gasteiger partial charge is 0.371 e. The van der Waals surface area contributed by atoms with Crippen molar-refractivity contribution in [1.82, 2.24) is 9.97 Å². The summed E-state index contributed by atoms with van der Waals surface area (Å²) in [5.41, 5.74) is 2.34. The van der Waals surface area contributed by atoms with Gasteiger partial charge >= 0.3 is 0 Å². The molecule has 0 radical (unpaired) electrons. The predicted molar refractivity (Wildman–Crippen MR) is 66.4 cm³/mol. The zero-order valence-corrected chi connectivity index (χ0v) is 10.1. The number of benzene rings is 1. The smallest absolute Gasteiger partial charge is 0.186 e. The molecule has 0 fully saturated rings. The van der Waals surface area contributed by atoms with Crippen LogP contribution in [0.15, 0.2) is 24.3 Å². The van der Waals surface area contributed by atoms with E-state index in [1.54, 1.807) is 14.0 Å². The van der Waals surface area contributed by atoms with E-state index in [-0.39, 0.29) is 5.82 Å². The minimum Gasteiger partial charge on any atom is -0.371 e. The molecular formula is C13H14FN3. The Bertz CT molecular complexity index is 552. The molecule has 0 aliphatic carbocycles. The molecule has 0 saturated carbocycles. The number of aromatic nitrogens is 2. The van der Waals surface area contributed by atoms with Crippen LogP contribution in [0.25, 0.3) is 11.4 Å². The van der Waals surface area contributed by atoms with E-state index >= 15 is 0 Å². The molecule has 0 bridgehead atoms. The van der Waals surface area contributed by atoms with Crippen molar-refractivity contribution in [3.8, 4) is 11.4 Å². The number of halogens is 1. The van der Waals surface area contributed by atoms with Gasteiger partial charge in [-0.05, 0) is 19.4 Å². The molecule has 1 N–H and O–H groups in total. The molecule has 4 heteroatoms. The molecule has 0 atom stereocenters. The molecule has 0 spiro atoms. The summed E-state index contributed by atoms with van der Waals surface area (Å²) in [5.74, 6) is 0.381. The third-order valence-electron chi connectivity index (χ3n) is 2.64. The molecule has 1 aromatic heterocycles. The molecule has 0 amide bonds. The number of anilines is 1. The highest BCUT2D eigenvalue weighted by Gasteiger charge is 2.12. The van der Waals surface area contributed by atoms with E-state index in [0.717, 1.165) is 11.1 Å². The molecule has 2 aromatic rings. The molecular weight excluding hydrogens is 217 g/mol. The third kappa shape index (κ3) is 2.11. The summed E-state index contributed by atoms with van der Waals surface area (Å²) in [7, 11) is 1.65. The molecule has 0 aliphatic heterocycles. The number of rotatable bonds is 2. The van der Waals surface area contributed by atoms with Gasteiger partial charge in [0.2, 0.25) is 0 Å². The van der Waals surface area contributed by atoms with Crippen molar-refractivity contribution in [1.29, 1.82) is 0 Å². The summed E-state index contributed by atoms with van der Waals surface area (Å²) >= 11 is 0. The van der Waals surface area contributed by atoms with Gasteiger partial charge in [-0.3, -0.25) is 0 Å². The fraction of sp³-hybridized carbons (Fsp3) is 0.231. The van der Waals surface area contributed by atoms with Crippen molar-refractivity contribution in [2.45, 2.75) is 13.8 Å². The van der Waals surface area contributed by atoms with E-state index in [1.807, 2.05) is 31.2 Å². The maximum Gasteiger partial charge on any atom is 0.186 e. The second kappa shape index (κ2) is 4.49. The van der Waals surface area contributed by atoms with Crippen LogP contribution in [0.4, 0.5) is 10.2 Å². The maximum absolute atomic E-state index is 13.6. The second-order valence-corrected chi connectivity index (χ2v) is 3.86. The Hall–Kier alpha value is -1.97. The zero-order chi connectivity index (χ0) is 12.4. The summed E-state index contributed by atoms with van der Waals surface area (Å²) in [6.07, 6.45) is 0. The molecule has 1 heterocycles. The summed E-state index contributed by atoms with van der Waals surface area (Å²) in [5, 5.41) is 2.74. The van der Waals surface area contributed by atoms with Crippen LogP contribution in [0.1, 0.15) is 11.3 Å². The Morgan fingerprint density at radius 1 is 1.12 bits per heavy atom. The minimum absolute atomic E-state index is 0.232. The van der Waals surface area contributed by atoms with Gasteiger partial charge in [-0.15, -0.1) is 0 Å². The Morgan fingerprint density at radius 2 is 1.82 bits per heavy atom. The van der Waals surface area contributed by atoms with Crippen LogP contribution >= 0.6 is 0 Å². The summed E-state index contributed by atoms with van der Waals surface area (Å²) in [4.78, 5) is 8.37. The molecule has 0 unspecified atom stereocenters. The van der Waals surface area contributed by atoms with Crippen LogP contribution in [0.3, 0.4) is 0 Å². The number of hydrogen-bond acceptors (Lipinski definition) is 3. The van der Waals surface area contributed by atoms with Crippen molar-refractivity contribution in [3.63, 3.8) is 0 Å². The van der Waals surface area contributed by atoms with Crippen LogP contribution in [0, 0.1) is 19.7 Å². The molecule has 17 heavy (non-hydrogen) atoms. The van der Waals surface area contributed by atoms with Gasteiger partial charge in [0, 0.05) is 12.6 Å². The lowest BCUT2D eigenvalue weighted by atomic mass is 10.1. The summed E-state index contributed by atoms with van der Waals surface area (Å²) in [6.45, 7) is 3.62. The van der Waals surface area contributed by atoms with Gasteiger partial charge in [-0.1, -0.05) is 24.3 Å². The average molecular weight is 231 g/mol. The van der Waals surface area contributed by atoms with E-state index in [4.69, 9.17) is 0 Å². The topological polar surface area (TPSA) is 37.8 Å². The van der Waals surface area contributed by atoms with Gasteiger partial charge in [0.25, 0.3) is 0 Å². The highest BCUT2D eigenvalue weighted by molar-refractivity contribution is 5.61. The van der Waals surface area contributed by atoms with Gasteiger partial charge in [0.1, 0.15) is 0 Å². The number of hydrogen-bond donors (Lipinski definition) is 1. The van der Waals surface area contributed by atoms with Crippen LogP contribution in [-0.4, -0.2) is 17.0 Å². The summed E-state index contributed by atoms with van der Waals surface area (Å²) < 4.78 is 13.6. The molecule has 1 aromatic carbocycles. The lowest BCUT2D eigenvalue weighted by Crippen LogP contribution is -2.04. The van der Waals surface area contributed by atoms with Crippen molar-refractivity contribution in [2.24, 2.45) is 0 Å². The summed E-state index contributed by atoms with van der Waals surface area (Å²) in [6, 6.07) is 7.79. The Kier molecular flexibility index (Phi) is 3.04. The highest BCUT2D eigenvalue weighted by atomic mass is 19.1. The quantitative estimate of drug-likeness (QED) is 0.863. The SMILES string of the molecule is CNc1nc(-c2ccccc2C)nc(C)c1F. The van der Waals surface area contributed by atoms with Gasteiger partial charge in [-0.25, -0.2) is 14.4 Å². The van der Waals surface area contributed by atoms with Gasteiger partial charge in [0.15, 0.2) is 17.5 Å². The third-order valence-corrected chi connectivity index (χ3v) is 2.64. The monoisotopic (exact) mass is 231 g/mol. The standard InChI is InChI=1S/C13H14FN3/c1-8-6-4-5-7-10(8)12-16-9(2)11(14)13(15-3)17-12/h4-7H,1-3H3,(H,15,16,17). The molecule has 2 rings (SSSR count). The maximum atomic E-state index is 13.6. The van der Waals surface area contributed by atoms with Gasteiger partial charge in [0.05, 0.1) is 5.69 Å². The molecule has 3 nitrogen and oxygen atoms in total. The van der Waals surface area contributed by atoms with Gasteiger partial charge < -0.3 is 5.32 Å². The predicted octanol–water partition coefficient (Wildman–Crippen LogP) is 2.94. The van der Waals surface area contributed by atoms with Crippen LogP contribution in [-0.2, 0) is 0 Å². The molecule has 0 saturated heterocycles. The van der Waals surface area contributed by atoms with Crippen molar-refractivity contribution >= 4 is 5.82 Å². The van der Waals surface area contributed by atoms with E-state index < -0.39 is 5.82 Å². The first kappa shape index (κ1) is 11.5. The number of nitrogens with one attached hydrogen (secondary N) is 1. The first-order valence-electron chi connectivity index (χ1n) is 5.41. The first-order chi connectivity index (χ1) is 8.13. The lowest BCUT2D eigenvalue weighted by molar-refractivity contribution is 0.607. The molecule has 0 aliphatic rings. The zero-order valence-electron chi connectivity index (χ0n) is 10.1. The van der Waals surface area contributed by atoms with E-state index in [9.17, 15) is 4.39 Å². The van der Waals surface area contributed by atoms with Crippen LogP contribution in [0.2, 0.25) is 0 Å². The van der Waals surface area contributed by atoms with Crippen molar-refractivity contribution in [3.05, 3.63) is 41.3 Å². The molecule has 88 valence electrons. The minimum atomic E-state index is -0.398. The fourth-order valence-corrected chi connectivity index (χ4v) is 1.67. The fourth-order valence-electron chi connectivity index (χ4n) is 1.67. The normalized spacial score (nSPS) is 10.4. The van der Waals surface area contributed by atoms with E-state index in [2.05, 4.69) is 15.3 Å². The Balaban J connectivity index is 2.61. The highest BCUT2D eigenvalue weighted by Crippen LogP contribution is 2.23.